The molecular formula is C14H17N3O4. The highest BCUT2D eigenvalue weighted by atomic mass is 16.6. The zero-order valence-corrected chi connectivity index (χ0v) is 11.7. The summed E-state index contributed by atoms with van der Waals surface area (Å²) in [6.07, 6.45) is 2.18. The number of morpholine rings is 1. The fourth-order valence-electron chi connectivity index (χ4n) is 2.99. The molecule has 2 aliphatic heterocycles. The Kier molecular flexibility index (Phi) is 3.50. The highest BCUT2D eigenvalue weighted by Gasteiger charge is 2.36. The van der Waals surface area contributed by atoms with Crippen LogP contribution in [0.2, 0.25) is 0 Å². The predicted octanol–water partition coefficient (Wildman–Crippen LogP) is 1.64. The molecule has 0 saturated carbocycles. The summed E-state index contributed by atoms with van der Waals surface area (Å²) in [5, 5.41) is 13.8. The molecule has 1 N–H and O–H groups in total. The number of nitro groups is 1. The quantitative estimate of drug-likeness (QED) is 0.676. The van der Waals surface area contributed by atoms with Crippen LogP contribution in [0.25, 0.3) is 0 Å². The van der Waals surface area contributed by atoms with E-state index in [2.05, 4.69) is 5.32 Å². The Morgan fingerprint density at radius 2 is 2.05 bits per heavy atom. The maximum atomic E-state index is 12.5. The summed E-state index contributed by atoms with van der Waals surface area (Å²) in [5.41, 5.74) is 0.667. The topological polar surface area (TPSA) is 84.7 Å². The number of nitrogens with one attached hydrogen (secondary N) is 1. The molecular weight excluding hydrogens is 274 g/mol. The molecule has 1 aromatic rings. The molecule has 2 atom stereocenters. The summed E-state index contributed by atoms with van der Waals surface area (Å²) in [4.78, 5) is 24.8. The van der Waals surface area contributed by atoms with Crippen LogP contribution in [-0.2, 0) is 4.74 Å². The van der Waals surface area contributed by atoms with E-state index in [1.807, 2.05) is 0 Å². The maximum absolute atomic E-state index is 12.5. The summed E-state index contributed by atoms with van der Waals surface area (Å²) in [6, 6.07) is 4.53. The van der Waals surface area contributed by atoms with Crippen molar-refractivity contribution in [3.63, 3.8) is 0 Å². The van der Waals surface area contributed by atoms with E-state index >= 15 is 0 Å². The summed E-state index contributed by atoms with van der Waals surface area (Å²) in [7, 11) is 1.61. The summed E-state index contributed by atoms with van der Waals surface area (Å²) < 4.78 is 5.70. The van der Waals surface area contributed by atoms with Gasteiger partial charge >= 0.3 is 0 Å². The second-order valence-electron chi connectivity index (χ2n) is 5.41. The monoisotopic (exact) mass is 291 g/mol. The van der Waals surface area contributed by atoms with Crippen molar-refractivity contribution in [1.29, 1.82) is 0 Å². The number of rotatable bonds is 3. The van der Waals surface area contributed by atoms with Crippen LogP contribution in [0, 0.1) is 10.1 Å². The first kappa shape index (κ1) is 13.8. The minimum atomic E-state index is -0.481. The lowest BCUT2D eigenvalue weighted by Crippen LogP contribution is -2.45. The van der Waals surface area contributed by atoms with E-state index in [0.717, 1.165) is 12.8 Å². The van der Waals surface area contributed by atoms with Crippen molar-refractivity contribution < 1.29 is 14.5 Å². The Bertz CT molecular complexity index is 578. The average Bonchev–Trinajstić information content (AvgIpc) is 2.84. The number of anilines is 1. The maximum Gasteiger partial charge on any atom is 0.293 e. The highest BCUT2D eigenvalue weighted by Crippen LogP contribution is 2.29. The lowest BCUT2D eigenvalue weighted by Gasteiger charge is -2.32. The number of benzene rings is 1. The van der Waals surface area contributed by atoms with E-state index in [0.29, 0.717) is 24.3 Å². The lowest BCUT2D eigenvalue weighted by atomic mass is 10.1. The van der Waals surface area contributed by atoms with Crippen LogP contribution in [0.1, 0.15) is 23.2 Å². The van der Waals surface area contributed by atoms with Crippen molar-refractivity contribution in [1.82, 2.24) is 4.90 Å². The number of likely N-dealkylation sites (tertiary alicyclic amines) is 1. The molecule has 21 heavy (non-hydrogen) atoms. The smallest absolute Gasteiger partial charge is 0.293 e. The molecule has 0 radical (unpaired) electrons. The third-order valence-corrected chi connectivity index (χ3v) is 4.04. The fraction of sp³-hybridized carbons (Fsp3) is 0.500. The molecule has 0 spiro atoms. The van der Waals surface area contributed by atoms with Crippen LogP contribution >= 0.6 is 0 Å². The fourth-order valence-corrected chi connectivity index (χ4v) is 2.99. The zero-order valence-electron chi connectivity index (χ0n) is 11.7. The van der Waals surface area contributed by atoms with Crippen molar-refractivity contribution in [2.45, 2.75) is 25.0 Å². The van der Waals surface area contributed by atoms with Crippen molar-refractivity contribution in [2.75, 3.05) is 25.5 Å². The molecule has 0 aromatic heterocycles. The van der Waals surface area contributed by atoms with E-state index in [4.69, 9.17) is 4.74 Å². The van der Waals surface area contributed by atoms with Crippen molar-refractivity contribution >= 4 is 17.3 Å². The molecule has 2 aliphatic rings. The normalized spacial score (nSPS) is 24.0. The molecule has 3 rings (SSSR count). The predicted molar refractivity (Wildman–Crippen MR) is 76.4 cm³/mol. The van der Waals surface area contributed by atoms with E-state index in [9.17, 15) is 14.9 Å². The third kappa shape index (κ3) is 2.56. The first-order valence-corrected chi connectivity index (χ1v) is 6.99. The standard InChI is InChI=1S/C14H17N3O4/c1-15-12-5-2-9(6-13(12)17(19)20)14(18)16-7-10-3-4-11(8-16)21-10/h2,5-6,10-11,15H,3-4,7-8H2,1H3. The average molecular weight is 291 g/mol. The Morgan fingerprint density at radius 3 is 2.62 bits per heavy atom. The molecule has 2 heterocycles. The van der Waals surface area contributed by atoms with Gasteiger partial charge in [-0.2, -0.15) is 0 Å². The van der Waals surface area contributed by atoms with Crippen LogP contribution in [0.4, 0.5) is 11.4 Å². The zero-order chi connectivity index (χ0) is 15.0. The number of hydrogen-bond acceptors (Lipinski definition) is 5. The van der Waals surface area contributed by atoms with Gasteiger partial charge in [-0.1, -0.05) is 0 Å². The van der Waals surface area contributed by atoms with Gasteiger partial charge in [0.25, 0.3) is 11.6 Å². The molecule has 2 bridgehead atoms. The van der Waals surface area contributed by atoms with Gasteiger partial charge in [0.2, 0.25) is 0 Å². The number of hydrogen-bond donors (Lipinski definition) is 1. The summed E-state index contributed by atoms with van der Waals surface area (Å²) in [5.74, 6) is -0.166. The van der Waals surface area contributed by atoms with Crippen molar-refractivity contribution in [3.05, 3.63) is 33.9 Å². The summed E-state index contributed by atoms with van der Waals surface area (Å²) in [6.45, 7) is 1.13. The highest BCUT2D eigenvalue weighted by molar-refractivity contribution is 5.95. The Labute approximate surface area is 122 Å². The van der Waals surface area contributed by atoms with Crippen LogP contribution < -0.4 is 5.32 Å². The van der Waals surface area contributed by atoms with Crippen LogP contribution in [0.15, 0.2) is 18.2 Å². The van der Waals surface area contributed by atoms with Crippen LogP contribution in [0.5, 0.6) is 0 Å². The molecule has 1 aromatic carbocycles. The minimum absolute atomic E-state index is 0.0837. The van der Waals surface area contributed by atoms with Gasteiger partial charge < -0.3 is 15.0 Å². The molecule has 7 heteroatoms. The molecule has 2 fully saturated rings. The number of carbonyl (C=O) groups excluding carboxylic acids is 1. The number of fused-ring (bicyclic) bond motifs is 2. The number of carbonyl (C=O) groups is 1. The SMILES string of the molecule is CNc1ccc(C(=O)N2CC3CCC(C2)O3)cc1[N+](=O)[O-]. The van der Waals surface area contributed by atoms with Crippen molar-refractivity contribution in [3.8, 4) is 0 Å². The second-order valence-corrected chi connectivity index (χ2v) is 5.41. The van der Waals surface area contributed by atoms with E-state index in [1.165, 1.54) is 6.07 Å². The Morgan fingerprint density at radius 1 is 1.38 bits per heavy atom. The summed E-state index contributed by atoms with van der Waals surface area (Å²) >= 11 is 0. The molecule has 112 valence electrons. The van der Waals surface area contributed by atoms with Crippen LogP contribution in [0.3, 0.4) is 0 Å². The first-order valence-electron chi connectivity index (χ1n) is 6.99. The van der Waals surface area contributed by atoms with Crippen molar-refractivity contribution in [2.24, 2.45) is 0 Å². The number of ether oxygens (including phenoxy) is 1. The van der Waals surface area contributed by atoms with Gasteiger partial charge in [0, 0.05) is 31.8 Å². The lowest BCUT2D eigenvalue weighted by molar-refractivity contribution is -0.384. The number of nitro benzene ring substituents is 1. The van der Waals surface area contributed by atoms with Gasteiger partial charge in [0.05, 0.1) is 17.1 Å². The van der Waals surface area contributed by atoms with Gasteiger partial charge in [-0.3, -0.25) is 14.9 Å². The minimum Gasteiger partial charge on any atom is -0.383 e. The van der Waals surface area contributed by atoms with Gasteiger partial charge in [0.15, 0.2) is 0 Å². The van der Waals surface area contributed by atoms with Gasteiger partial charge in [-0.15, -0.1) is 0 Å². The van der Waals surface area contributed by atoms with E-state index in [-0.39, 0.29) is 23.8 Å². The van der Waals surface area contributed by atoms with E-state index < -0.39 is 4.92 Å². The van der Waals surface area contributed by atoms with Gasteiger partial charge in [-0.25, -0.2) is 0 Å². The number of nitrogens with zero attached hydrogens (tertiary/aromatic N) is 2. The van der Waals surface area contributed by atoms with E-state index in [1.54, 1.807) is 24.1 Å². The Balaban J connectivity index is 1.84. The molecule has 2 saturated heterocycles. The molecule has 2 unspecified atom stereocenters. The van der Waals surface area contributed by atoms with Gasteiger partial charge in [-0.05, 0) is 25.0 Å². The first-order chi connectivity index (χ1) is 10.1. The number of amides is 1. The second kappa shape index (κ2) is 5.33. The molecule has 7 nitrogen and oxygen atoms in total. The molecule has 1 amide bonds. The molecule has 0 aliphatic carbocycles. The third-order valence-electron chi connectivity index (χ3n) is 4.04. The van der Waals surface area contributed by atoms with Crippen LogP contribution in [-0.4, -0.2) is 48.1 Å². The van der Waals surface area contributed by atoms with Gasteiger partial charge in [0.1, 0.15) is 5.69 Å². The Hall–Kier alpha value is -2.15. The largest absolute Gasteiger partial charge is 0.383 e.